The van der Waals surface area contributed by atoms with E-state index in [-0.39, 0.29) is 5.91 Å². The van der Waals surface area contributed by atoms with Gasteiger partial charge in [0.1, 0.15) is 0 Å². The first kappa shape index (κ1) is 13.1. The molecule has 0 atom stereocenters. The highest BCUT2D eigenvalue weighted by Crippen LogP contribution is 2.17. The molecule has 1 aromatic heterocycles. The van der Waals surface area contributed by atoms with Crippen molar-refractivity contribution in [1.82, 2.24) is 4.98 Å². The predicted octanol–water partition coefficient (Wildman–Crippen LogP) is 4.09. The van der Waals surface area contributed by atoms with Gasteiger partial charge in [0.15, 0.2) is 0 Å². The van der Waals surface area contributed by atoms with Gasteiger partial charge in [-0.1, -0.05) is 12.1 Å². The van der Waals surface area contributed by atoms with Crippen LogP contribution in [0.2, 0.25) is 0 Å². The second-order valence-corrected chi connectivity index (χ2v) is 5.62. The standard InChI is InChI=1S/C16H11IN2O/c17-13-6-3-12(4-7-13)16(20)19-14-8-5-11-2-1-9-18-15(11)10-14/h1-10H,(H,19,20). The van der Waals surface area contributed by atoms with E-state index in [1.807, 2.05) is 54.6 Å². The Bertz CT molecular complexity index is 769. The second-order valence-electron chi connectivity index (χ2n) is 4.37. The van der Waals surface area contributed by atoms with Gasteiger partial charge in [0.2, 0.25) is 0 Å². The van der Waals surface area contributed by atoms with Crippen LogP contribution < -0.4 is 5.32 Å². The number of carbonyl (C=O) groups is 1. The second kappa shape index (κ2) is 5.58. The molecule has 1 N–H and O–H groups in total. The third-order valence-electron chi connectivity index (χ3n) is 2.97. The summed E-state index contributed by atoms with van der Waals surface area (Å²) >= 11 is 2.21. The lowest BCUT2D eigenvalue weighted by Crippen LogP contribution is -2.11. The molecule has 0 unspecified atom stereocenters. The summed E-state index contributed by atoms with van der Waals surface area (Å²) in [5, 5.41) is 3.94. The van der Waals surface area contributed by atoms with E-state index < -0.39 is 0 Å². The molecule has 1 amide bonds. The minimum absolute atomic E-state index is 0.114. The number of amides is 1. The van der Waals surface area contributed by atoms with Crippen LogP contribution in [0.15, 0.2) is 60.8 Å². The molecule has 2 aromatic carbocycles. The lowest BCUT2D eigenvalue weighted by atomic mass is 10.2. The summed E-state index contributed by atoms with van der Waals surface area (Å²) in [6, 6.07) is 17.1. The van der Waals surface area contributed by atoms with Crippen molar-refractivity contribution >= 4 is 45.1 Å². The molecule has 1 heterocycles. The number of hydrogen-bond acceptors (Lipinski definition) is 2. The highest BCUT2D eigenvalue weighted by Gasteiger charge is 2.06. The van der Waals surface area contributed by atoms with E-state index in [0.717, 1.165) is 20.2 Å². The molecule has 0 radical (unpaired) electrons. The van der Waals surface area contributed by atoms with Crippen molar-refractivity contribution in [3.63, 3.8) is 0 Å². The van der Waals surface area contributed by atoms with Crippen LogP contribution in [0, 0.1) is 3.57 Å². The van der Waals surface area contributed by atoms with E-state index in [9.17, 15) is 4.79 Å². The van der Waals surface area contributed by atoms with Crippen molar-refractivity contribution in [1.29, 1.82) is 0 Å². The quantitative estimate of drug-likeness (QED) is 0.687. The van der Waals surface area contributed by atoms with Crippen molar-refractivity contribution < 1.29 is 4.79 Å². The number of aromatic nitrogens is 1. The molecule has 3 nitrogen and oxygen atoms in total. The van der Waals surface area contributed by atoms with Gasteiger partial charge in [0, 0.05) is 26.4 Å². The van der Waals surface area contributed by atoms with Crippen LogP contribution in [0.3, 0.4) is 0 Å². The Morgan fingerprint density at radius 1 is 1.05 bits per heavy atom. The average Bonchev–Trinajstić information content (AvgIpc) is 2.48. The first-order chi connectivity index (χ1) is 9.72. The summed E-state index contributed by atoms with van der Waals surface area (Å²) in [6.45, 7) is 0. The Balaban J connectivity index is 1.85. The van der Waals surface area contributed by atoms with E-state index in [0.29, 0.717) is 5.56 Å². The summed E-state index contributed by atoms with van der Waals surface area (Å²) in [5.41, 5.74) is 2.26. The summed E-state index contributed by atoms with van der Waals surface area (Å²) in [5.74, 6) is -0.114. The van der Waals surface area contributed by atoms with Gasteiger partial charge in [-0.05, 0) is 65.1 Å². The molecule has 3 aromatic rings. The molecule has 0 aliphatic carbocycles. The van der Waals surface area contributed by atoms with Gasteiger partial charge < -0.3 is 5.32 Å². The molecule has 98 valence electrons. The third-order valence-corrected chi connectivity index (χ3v) is 3.69. The third kappa shape index (κ3) is 2.80. The van der Waals surface area contributed by atoms with Crippen LogP contribution in [0.5, 0.6) is 0 Å². The average molecular weight is 374 g/mol. The lowest BCUT2D eigenvalue weighted by molar-refractivity contribution is 0.102. The minimum Gasteiger partial charge on any atom is -0.322 e. The van der Waals surface area contributed by atoms with Crippen LogP contribution in [-0.4, -0.2) is 10.9 Å². The van der Waals surface area contributed by atoms with Gasteiger partial charge in [0.05, 0.1) is 5.52 Å². The number of pyridine rings is 1. The zero-order valence-corrected chi connectivity index (χ0v) is 12.7. The number of benzene rings is 2. The summed E-state index contributed by atoms with van der Waals surface area (Å²) in [4.78, 5) is 16.4. The molecule has 0 saturated heterocycles. The molecular formula is C16H11IN2O. The number of hydrogen-bond donors (Lipinski definition) is 1. The van der Waals surface area contributed by atoms with Crippen LogP contribution >= 0.6 is 22.6 Å². The summed E-state index contributed by atoms with van der Waals surface area (Å²) in [6.07, 6.45) is 1.74. The fourth-order valence-electron chi connectivity index (χ4n) is 1.95. The number of nitrogens with zero attached hydrogens (tertiary/aromatic N) is 1. The number of carbonyl (C=O) groups excluding carboxylic acids is 1. The van der Waals surface area contributed by atoms with Crippen molar-refractivity contribution in [3.05, 3.63) is 69.9 Å². The molecule has 20 heavy (non-hydrogen) atoms. The van der Waals surface area contributed by atoms with Crippen molar-refractivity contribution in [3.8, 4) is 0 Å². The van der Waals surface area contributed by atoms with Crippen molar-refractivity contribution in [2.75, 3.05) is 5.32 Å². The van der Waals surface area contributed by atoms with Crippen LogP contribution in [0.4, 0.5) is 5.69 Å². The minimum atomic E-state index is -0.114. The maximum absolute atomic E-state index is 12.1. The molecule has 4 heteroatoms. The van der Waals surface area contributed by atoms with Crippen LogP contribution in [-0.2, 0) is 0 Å². The first-order valence-corrected chi connectivity index (χ1v) is 7.22. The Kier molecular flexibility index (Phi) is 3.64. The Morgan fingerprint density at radius 2 is 1.85 bits per heavy atom. The van der Waals surface area contributed by atoms with E-state index in [1.165, 1.54) is 0 Å². The normalized spacial score (nSPS) is 10.4. The maximum Gasteiger partial charge on any atom is 0.255 e. The predicted molar refractivity (Wildman–Crippen MR) is 88.9 cm³/mol. The monoisotopic (exact) mass is 374 g/mol. The zero-order valence-electron chi connectivity index (χ0n) is 10.5. The molecule has 0 aliphatic heterocycles. The first-order valence-electron chi connectivity index (χ1n) is 6.14. The largest absolute Gasteiger partial charge is 0.322 e. The smallest absolute Gasteiger partial charge is 0.255 e. The highest BCUT2D eigenvalue weighted by atomic mass is 127. The van der Waals surface area contributed by atoms with E-state index in [1.54, 1.807) is 6.20 Å². The number of rotatable bonds is 2. The molecule has 3 rings (SSSR count). The van der Waals surface area contributed by atoms with Crippen LogP contribution in [0.1, 0.15) is 10.4 Å². The SMILES string of the molecule is O=C(Nc1ccc2cccnc2c1)c1ccc(I)cc1. The fourth-order valence-corrected chi connectivity index (χ4v) is 2.31. The van der Waals surface area contributed by atoms with Gasteiger partial charge in [-0.3, -0.25) is 9.78 Å². The van der Waals surface area contributed by atoms with E-state index in [4.69, 9.17) is 0 Å². The van der Waals surface area contributed by atoms with E-state index >= 15 is 0 Å². The number of anilines is 1. The number of halogens is 1. The summed E-state index contributed by atoms with van der Waals surface area (Å²) in [7, 11) is 0. The van der Waals surface area contributed by atoms with Gasteiger partial charge in [-0.2, -0.15) is 0 Å². The van der Waals surface area contributed by atoms with E-state index in [2.05, 4.69) is 32.9 Å². The summed E-state index contributed by atoms with van der Waals surface area (Å²) < 4.78 is 1.11. The zero-order chi connectivity index (χ0) is 13.9. The van der Waals surface area contributed by atoms with Crippen molar-refractivity contribution in [2.45, 2.75) is 0 Å². The molecule has 0 spiro atoms. The maximum atomic E-state index is 12.1. The molecule has 0 bridgehead atoms. The van der Waals surface area contributed by atoms with Gasteiger partial charge >= 0.3 is 0 Å². The van der Waals surface area contributed by atoms with Crippen LogP contribution in [0.25, 0.3) is 10.9 Å². The Morgan fingerprint density at radius 3 is 2.65 bits per heavy atom. The molecule has 0 fully saturated rings. The number of nitrogens with one attached hydrogen (secondary N) is 1. The Hall–Kier alpha value is -1.95. The van der Waals surface area contributed by atoms with Crippen molar-refractivity contribution in [2.24, 2.45) is 0 Å². The topological polar surface area (TPSA) is 42.0 Å². The molecule has 0 saturated carbocycles. The number of fused-ring (bicyclic) bond motifs is 1. The fraction of sp³-hybridized carbons (Fsp3) is 0. The van der Waals surface area contributed by atoms with Gasteiger partial charge in [-0.15, -0.1) is 0 Å². The highest BCUT2D eigenvalue weighted by molar-refractivity contribution is 14.1. The molecular weight excluding hydrogens is 363 g/mol. The molecule has 0 aliphatic rings. The van der Waals surface area contributed by atoms with Gasteiger partial charge in [-0.25, -0.2) is 0 Å². The Labute approximate surface area is 130 Å². The van der Waals surface area contributed by atoms with Gasteiger partial charge in [0.25, 0.3) is 5.91 Å². The lowest BCUT2D eigenvalue weighted by Gasteiger charge is -2.06.